The number of aliphatic hydroxyl groups is 1. The maximum absolute atomic E-state index is 14.7. The highest BCUT2D eigenvalue weighted by atomic mass is 16.6. The minimum atomic E-state index is -1.65. The van der Waals surface area contributed by atoms with Gasteiger partial charge in [-0.05, 0) is 32.8 Å². The second-order valence-corrected chi connectivity index (χ2v) is 13.9. The van der Waals surface area contributed by atoms with Gasteiger partial charge >= 0.3 is 17.9 Å². The average Bonchev–Trinajstić information content (AvgIpc) is 3.40. The minimum absolute atomic E-state index is 0.102. The summed E-state index contributed by atoms with van der Waals surface area (Å²) in [6.45, 7) is 10.9. The van der Waals surface area contributed by atoms with Crippen molar-refractivity contribution in [1.29, 1.82) is 0 Å². The van der Waals surface area contributed by atoms with Crippen LogP contribution in [-0.2, 0) is 38.1 Å². The number of ketones is 1. The zero-order chi connectivity index (χ0) is 30.6. The molecule has 11 atom stereocenters. The van der Waals surface area contributed by atoms with Crippen LogP contribution < -0.4 is 0 Å². The molecule has 1 spiro atoms. The molecule has 0 radical (unpaired) electrons. The number of carbonyl (C=O) groups is 4. The van der Waals surface area contributed by atoms with Gasteiger partial charge in [0.1, 0.15) is 29.7 Å². The van der Waals surface area contributed by atoms with Crippen LogP contribution >= 0.6 is 0 Å². The van der Waals surface area contributed by atoms with Crippen molar-refractivity contribution < 1.29 is 47.6 Å². The fourth-order valence-corrected chi connectivity index (χ4v) is 9.83. The zero-order valence-electron chi connectivity index (χ0n) is 25.2. The van der Waals surface area contributed by atoms with Gasteiger partial charge in [-0.15, -0.1) is 0 Å². The van der Waals surface area contributed by atoms with Gasteiger partial charge in [-0.3, -0.25) is 9.59 Å². The predicted molar refractivity (Wildman–Crippen MR) is 145 cm³/mol. The summed E-state index contributed by atoms with van der Waals surface area (Å²) in [7, 11) is 1.19. The van der Waals surface area contributed by atoms with Gasteiger partial charge in [0.05, 0.1) is 32.0 Å². The number of carbonyl (C=O) groups excluding carboxylic acids is 4. The third-order valence-corrected chi connectivity index (χ3v) is 11.8. The number of hydrogen-bond acceptors (Lipinski definition) is 10. The zero-order valence-corrected chi connectivity index (χ0v) is 25.2. The SMILES string of the molecule is C/C=C(/C)C(=O)O[C@@H]1[C@@H]2C(=O)[C@](C)([C@H]3CC[C@]4(C)[C@@H](CC(=O)O[C@H]4c4ccoc4)[C@]34O[C@H]24)[C@@H]([C@@H](O)C(=O)OC)C1(C)C. The van der Waals surface area contributed by atoms with Crippen molar-refractivity contribution in [2.75, 3.05) is 7.11 Å². The molecule has 3 saturated carbocycles. The van der Waals surface area contributed by atoms with E-state index in [0.29, 0.717) is 18.4 Å². The molecule has 1 aromatic heterocycles. The number of furan rings is 1. The maximum Gasteiger partial charge on any atom is 0.335 e. The molecule has 1 N–H and O–H groups in total. The molecule has 3 aliphatic carbocycles. The van der Waals surface area contributed by atoms with Crippen LogP contribution in [0.15, 0.2) is 34.7 Å². The van der Waals surface area contributed by atoms with Crippen molar-refractivity contribution in [3.63, 3.8) is 0 Å². The number of epoxide rings is 1. The van der Waals surface area contributed by atoms with Crippen molar-refractivity contribution in [2.24, 2.45) is 39.9 Å². The van der Waals surface area contributed by atoms with Gasteiger partial charge in [-0.2, -0.15) is 0 Å². The van der Waals surface area contributed by atoms with E-state index in [2.05, 4.69) is 6.92 Å². The number of rotatable bonds is 5. The van der Waals surface area contributed by atoms with Crippen molar-refractivity contribution in [3.8, 4) is 0 Å². The summed E-state index contributed by atoms with van der Waals surface area (Å²) in [4.78, 5) is 53.9. The van der Waals surface area contributed by atoms with Gasteiger partial charge in [0, 0.05) is 45.1 Å². The lowest BCUT2D eigenvalue weighted by atomic mass is 9.37. The molecule has 10 nitrogen and oxygen atoms in total. The van der Waals surface area contributed by atoms with Crippen molar-refractivity contribution in [2.45, 2.75) is 90.8 Å². The van der Waals surface area contributed by atoms with Gasteiger partial charge in [-0.1, -0.05) is 33.8 Å². The van der Waals surface area contributed by atoms with Crippen LogP contribution in [-0.4, -0.2) is 59.8 Å². The van der Waals surface area contributed by atoms with Gasteiger partial charge in [0.2, 0.25) is 0 Å². The topological polar surface area (TPSA) is 142 Å². The molecule has 2 bridgehead atoms. The standard InChI is InChI=1S/C32H40O10/c1-8-15(2)27(36)41-25-20-23(35)31(6,22(29(25,3)4)21(34)28(37)38-7)17-9-11-30(5)18(32(17)26(20)42-32)13-19(33)40-24(30)16-10-12-39-14-16/h8,10,12,14,17-18,20-22,24-26,34H,9,11,13H2,1-7H3/b15-8-/t17-,18-,20+,21-,22+,24+,25-,26-,30-,31-,32-/m1/s1. The highest BCUT2D eigenvalue weighted by Crippen LogP contribution is 2.77. The summed E-state index contributed by atoms with van der Waals surface area (Å²) in [6.07, 6.45) is 2.23. The Morgan fingerprint density at radius 2 is 1.88 bits per heavy atom. The van der Waals surface area contributed by atoms with Crippen LogP contribution in [0.5, 0.6) is 0 Å². The van der Waals surface area contributed by atoms with Crippen LogP contribution in [0.25, 0.3) is 0 Å². The number of cyclic esters (lactones) is 1. The van der Waals surface area contributed by atoms with Crippen molar-refractivity contribution >= 4 is 23.7 Å². The lowest BCUT2D eigenvalue weighted by molar-refractivity contribution is -0.231. The van der Waals surface area contributed by atoms with E-state index in [1.54, 1.807) is 38.5 Å². The highest BCUT2D eigenvalue weighted by molar-refractivity contribution is 5.94. The summed E-state index contributed by atoms with van der Waals surface area (Å²) < 4.78 is 29.1. The van der Waals surface area contributed by atoms with Gasteiger partial charge < -0.3 is 28.5 Å². The first kappa shape index (κ1) is 29.1. The average molecular weight is 585 g/mol. The number of hydrogen-bond donors (Lipinski definition) is 1. The van der Waals surface area contributed by atoms with Crippen LogP contribution in [0, 0.1) is 39.9 Å². The first-order valence-electron chi connectivity index (χ1n) is 14.7. The van der Waals surface area contributed by atoms with E-state index in [-0.39, 0.29) is 24.1 Å². The van der Waals surface area contributed by atoms with Crippen LogP contribution in [0.4, 0.5) is 0 Å². The third-order valence-electron chi connectivity index (χ3n) is 11.8. The highest BCUT2D eigenvalue weighted by Gasteiger charge is 2.86. The van der Waals surface area contributed by atoms with Crippen LogP contribution in [0.1, 0.15) is 72.5 Å². The van der Waals surface area contributed by atoms with Gasteiger partial charge in [0.25, 0.3) is 0 Å². The molecule has 5 fully saturated rings. The summed E-state index contributed by atoms with van der Waals surface area (Å²) in [5, 5.41) is 11.6. The summed E-state index contributed by atoms with van der Waals surface area (Å²) >= 11 is 0. The molecule has 6 rings (SSSR count). The molecule has 228 valence electrons. The van der Waals surface area contributed by atoms with Crippen LogP contribution in [0.3, 0.4) is 0 Å². The number of Topliss-reactive ketones (excluding diaryl/α,β-unsaturated/α-hetero) is 1. The van der Waals surface area contributed by atoms with Gasteiger partial charge in [0.15, 0.2) is 6.10 Å². The normalized spacial score (nSPS) is 44.1. The third kappa shape index (κ3) is 3.51. The fraction of sp³-hybridized carbons (Fsp3) is 0.688. The Morgan fingerprint density at radius 3 is 2.50 bits per heavy atom. The van der Waals surface area contributed by atoms with Gasteiger partial charge in [-0.25, -0.2) is 9.59 Å². The molecule has 5 aliphatic rings. The van der Waals surface area contributed by atoms with Crippen molar-refractivity contribution in [3.05, 3.63) is 35.8 Å². The Bertz CT molecular complexity index is 1360. The molecule has 0 unspecified atom stereocenters. The lowest BCUT2D eigenvalue weighted by Gasteiger charge is -2.65. The quantitative estimate of drug-likeness (QED) is 0.236. The molecule has 3 heterocycles. The first-order valence-corrected chi connectivity index (χ1v) is 14.7. The van der Waals surface area contributed by atoms with E-state index in [9.17, 15) is 24.3 Å². The molecule has 1 aromatic rings. The van der Waals surface area contributed by atoms with E-state index in [1.165, 1.54) is 7.11 Å². The Balaban J connectivity index is 1.52. The Morgan fingerprint density at radius 1 is 1.17 bits per heavy atom. The Labute approximate surface area is 245 Å². The number of fused-ring (bicyclic) bond motifs is 5. The Hall–Kier alpha value is -2.98. The van der Waals surface area contributed by atoms with E-state index < -0.39 is 76.0 Å². The van der Waals surface area contributed by atoms with E-state index in [0.717, 1.165) is 5.56 Å². The molecule has 42 heavy (non-hydrogen) atoms. The summed E-state index contributed by atoms with van der Waals surface area (Å²) in [5.74, 6) is -4.51. The predicted octanol–water partition coefficient (Wildman–Crippen LogP) is 3.71. The number of methoxy groups -OCH3 is 1. The van der Waals surface area contributed by atoms with E-state index in [1.807, 2.05) is 20.8 Å². The first-order chi connectivity index (χ1) is 19.7. The minimum Gasteiger partial charge on any atom is -0.472 e. The molecular weight excluding hydrogens is 544 g/mol. The summed E-state index contributed by atoms with van der Waals surface area (Å²) in [6, 6.07) is 1.80. The molecule has 2 aliphatic heterocycles. The lowest BCUT2D eigenvalue weighted by Crippen LogP contribution is -2.74. The maximum atomic E-state index is 14.7. The second-order valence-electron chi connectivity index (χ2n) is 13.9. The fourth-order valence-electron chi connectivity index (χ4n) is 9.83. The summed E-state index contributed by atoms with van der Waals surface area (Å²) in [5.41, 5.74) is -2.56. The number of ether oxygens (including phenoxy) is 4. The monoisotopic (exact) mass is 584 g/mol. The van der Waals surface area contributed by atoms with E-state index in [4.69, 9.17) is 23.4 Å². The number of esters is 3. The van der Waals surface area contributed by atoms with Crippen molar-refractivity contribution in [1.82, 2.24) is 0 Å². The number of aliphatic hydroxyl groups excluding tert-OH is 1. The molecular formula is C32H40O10. The number of allylic oxidation sites excluding steroid dienone is 1. The molecule has 0 aromatic carbocycles. The Kier molecular flexibility index (Phi) is 6.42. The second kappa shape index (κ2) is 9.26. The molecule has 0 amide bonds. The molecule has 10 heteroatoms. The molecule has 2 saturated heterocycles. The van der Waals surface area contributed by atoms with E-state index >= 15 is 0 Å². The van der Waals surface area contributed by atoms with Crippen LogP contribution in [0.2, 0.25) is 0 Å². The largest absolute Gasteiger partial charge is 0.472 e. The smallest absolute Gasteiger partial charge is 0.335 e.